The molecule has 0 saturated carbocycles. The highest BCUT2D eigenvalue weighted by Gasteiger charge is 2.38. The number of hydrogen-bond donors (Lipinski definition) is 1. The lowest BCUT2D eigenvalue weighted by Gasteiger charge is -2.30. The van der Waals surface area contributed by atoms with Crippen LogP contribution in [-0.2, 0) is 16.0 Å². The zero-order valence-corrected chi connectivity index (χ0v) is 14.0. The van der Waals surface area contributed by atoms with Crippen molar-refractivity contribution in [3.05, 3.63) is 35.9 Å². The molecule has 7 heteroatoms. The SMILES string of the molecule is O=C(O)N1CCC(CC(=O)N2C(=O)OC[C@H]2Cc2ccccc2)CC1. The van der Waals surface area contributed by atoms with Crippen LogP contribution < -0.4 is 0 Å². The van der Waals surface area contributed by atoms with E-state index in [9.17, 15) is 14.4 Å². The van der Waals surface area contributed by atoms with E-state index in [-0.39, 0.29) is 30.9 Å². The predicted molar refractivity (Wildman–Crippen MR) is 89.1 cm³/mol. The molecule has 0 spiro atoms. The molecule has 134 valence electrons. The molecule has 1 N–H and O–H groups in total. The van der Waals surface area contributed by atoms with Crippen molar-refractivity contribution in [1.82, 2.24) is 9.80 Å². The zero-order valence-electron chi connectivity index (χ0n) is 14.0. The van der Waals surface area contributed by atoms with E-state index in [2.05, 4.69) is 0 Å². The molecule has 1 aromatic rings. The van der Waals surface area contributed by atoms with Crippen LogP contribution in [0.1, 0.15) is 24.8 Å². The van der Waals surface area contributed by atoms with E-state index in [4.69, 9.17) is 9.84 Å². The van der Waals surface area contributed by atoms with Gasteiger partial charge >= 0.3 is 12.2 Å². The summed E-state index contributed by atoms with van der Waals surface area (Å²) in [6.07, 6.45) is 0.628. The van der Waals surface area contributed by atoms with Crippen LogP contribution in [0.3, 0.4) is 0 Å². The summed E-state index contributed by atoms with van der Waals surface area (Å²) >= 11 is 0. The summed E-state index contributed by atoms with van der Waals surface area (Å²) in [5, 5.41) is 8.98. The fraction of sp³-hybridized carbons (Fsp3) is 0.500. The van der Waals surface area contributed by atoms with Crippen molar-refractivity contribution in [2.75, 3.05) is 19.7 Å². The average molecular weight is 346 g/mol. The summed E-state index contributed by atoms with van der Waals surface area (Å²) in [5.74, 6) is -0.119. The molecule has 0 unspecified atom stereocenters. The lowest BCUT2D eigenvalue weighted by atomic mass is 9.93. The molecule has 2 aliphatic heterocycles. The van der Waals surface area contributed by atoms with Crippen molar-refractivity contribution >= 4 is 18.1 Å². The third-order valence-corrected chi connectivity index (χ3v) is 4.89. The number of piperidine rings is 1. The number of rotatable bonds is 4. The zero-order chi connectivity index (χ0) is 17.8. The van der Waals surface area contributed by atoms with Gasteiger partial charge in [0, 0.05) is 19.5 Å². The van der Waals surface area contributed by atoms with Crippen LogP contribution in [0.4, 0.5) is 9.59 Å². The van der Waals surface area contributed by atoms with Crippen LogP contribution in [0.2, 0.25) is 0 Å². The van der Waals surface area contributed by atoms with E-state index in [0.717, 1.165) is 5.56 Å². The Hall–Kier alpha value is -2.57. The third-order valence-electron chi connectivity index (χ3n) is 4.89. The Kier molecular flexibility index (Phi) is 5.21. The first-order valence-corrected chi connectivity index (χ1v) is 8.55. The van der Waals surface area contributed by atoms with Crippen molar-refractivity contribution in [3.8, 4) is 0 Å². The number of amides is 3. The van der Waals surface area contributed by atoms with Crippen molar-refractivity contribution in [2.45, 2.75) is 31.7 Å². The highest BCUT2D eigenvalue weighted by atomic mass is 16.6. The van der Waals surface area contributed by atoms with Crippen molar-refractivity contribution in [2.24, 2.45) is 5.92 Å². The standard InChI is InChI=1S/C18H22N2O5/c21-16(11-14-6-8-19(9-7-14)17(22)23)20-15(12-25-18(20)24)10-13-4-2-1-3-5-13/h1-5,14-15H,6-12H2,(H,22,23)/t15-/m1/s1. The van der Waals surface area contributed by atoms with Gasteiger partial charge in [0.05, 0.1) is 6.04 Å². The van der Waals surface area contributed by atoms with E-state index in [1.54, 1.807) is 0 Å². The minimum Gasteiger partial charge on any atom is -0.465 e. The van der Waals surface area contributed by atoms with E-state index in [1.807, 2.05) is 30.3 Å². The van der Waals surface area contributed by atoms with Crippen LogP contribution in [0, 0.1) is 5.92 Å². The fourth-order valence-corrected chi connectivity index (χ4v) is 3.48. The Bertz CT molecular complexity index is 640. The summed E-state index contributed by atoms with van der Waals surface area (Å²) < 4.78 is 5.09. The van der Waals surface area contributed by atoms with Crippen LogP contribution in [0.15, 0.2) is 30.3 Å². The molecule has 2 saturated heterocycles. The molecule has 2 aliphatic rings. The van der Waals surface area contributed by atoms with Crippen molar-refractivity contribution in [3.63, 3.8) is 0 Å². The van der Waals surface area contributed by atoms with Crippen LogP contribution >= 0.6 is 0 Å². The molecule has 2 fully saturated rings. The van der Waals surface area contributed by atoms with Crippen LogP contribution in [-0.4, -0.2) is 58.7 Å². The fourth-order valence-electron chi connectivity index (χ4n) is 3.48. The molecule has 3 rings (SSSR count). The maximum atomic E-state index is 12.6. The normalized spacial score (nSPS) is 21.3. The largest absolute Gasteiger partial charge is 0.465 e. The van der Waals surface area contributed by atoms with Gasteiger partial charge in [0.1, 0.15) is 6.61 Å². The Labute approximate surface area is 146 Å². The number of likely N-dealkylation sites (tertiary alicyclic amines) is 1. The first kappa shape index (κ1) is 17.3. The number of cyclic esters (lactones) is 1. The summed E-state index contributed by atoms with van der Waals surface area (Å²) in [4.78, 5) is 38.2. The summed E-state index contributed by atoms with van der Waals surface area (Å²) in [7, 11) is 0. The van der Waals surface area contributed by atoms with E-state index in [0.29, 0.717) is 32.4 Å². The monoisotopic (exact) mass is 346 g/mol. The highest BCUT2D eigenvalue weighted by molar-refractivity contribution is 5.93. The van der Waals surface area contributed by atoms with E-state index < -0.39 is 12.2 Å². The van der Waals surface area contributed by atoms with Gasteiger partial charge in [-0.05, 0) is 30.7 Å². The number of carbonyl (C=O) groups is 3. The highest BCUT2D eigenvalue weighted by Crippen LogP contribution is 2.25. The molecule has 0 aromatic heterocycles. The molecule has 0 radical (unpaired) electrons. The van der Waals surface area contributed by atoms with Gasteiger partial charge < -0.3 is 14.7 Å². The number of carbonyl (C=O) groups excluding carboxylic acids is 2. The molecule has 0 bridgehead atoms. The van der Waals surface area contributed by atoms with Gasteiger partial charge in [0.2, 0.25) is 5.91 Å². The lowest BCUT2D eigenvalue weighted by Crippen LogP contribution is -2.43. The van der Waals surface area contributed by atoms with Gasteiger partial charge in [-0.1, -0.05) is 30.3 Å². The number of nitrogens with zero attached hydrogens (tertiary/aromatic N) is 2. The lowest BCUT2D eigenvalue weighted by molar-refractivity contribution is -0.130. The molecule has 25 heavy (non-hydrogen) atoms. The smallest absolute Gasteiger partial charge is 0.416 e. The molecule has 1 atom stereocenters. The molecule has 0 aliphatic carbocycles. The maximum absolute atomic E-state index is 12.6. The molecule has 2 heterocycles. The van der Waals surface area contributed by atoms with Gasteiger partial charge in [-0.15, -0.1) is 0 Å². The topological polar surface area (TPSA) is 87.2 Å². The van der Waals surface area contributed by atoms with E-state index in [1.165, 1.54) is 9.80 Å². The van der Waals surface area contributed by atoms with Gasteiger partial charge in [0.25, 0.3) is 0 Å². The maximum Gasteiger partial charge on any atom is 0.416 e. The Morgan fingerprint density at radius 3 is 2.48 bits per heavy atom. The second kappa shape index (κ2) is 7.55. The number of benzene rings is 1. The van der Waals surface area contributed by atoms with Gasteiger partial charge in [-0.3, -0.25) is 4.79 Å². The molecule has 3 amide bonds. The van der Waals surface area contributed by atoms with Gasteiger partial charge in [-0.2, -0.15) is 0 Å². The summed E-state index contributed by atoms with van der Waals surface area (Å²) in [5.41, 5.74) is 1.05. The number of carboxylic acid groups (broad SMARTS) is 1. The van der Waals surface area contributed by atoms with Crippen LogP contribution in [0.5, 0.6) is 0 Å². The average Bonchev–Trinajstić information content (AvgIpc) is 2.96. The third kappa shape index (κ3) is 4.10. The van der Waals surface area contributed by atoms with Gasteiger partial charge in [0.15, 0.2) is 0 Å². The second-order valence-corrected chi connectivity index (χ2v) is 6.60. The van der Waals surface area contributed by atoms with Crippen molar-refractivity contribution in [1.29, 1.82) is 0 Å². The number of hydrogen-bond acceptors (Lipinski definition) is 4. The van der Waals surface area contributed by atoms with Crippen LogP contribution in [0.25, 0.3) is 0 Å². The van der Waals surface area contributed by atoms with E-state index >= 15 is 0 Å². The number of ether oxygens (including phenoxy) is 1. The quantitative estimate of drug-likeness (QED) is 0.904. The summed E-state index contributed by atoms with van der Waals surface area (Å²) in [6, 6.07) is 9.43. The first-order chi connectivity index (χ1) is 12.0. The predicted octanol–water partition coefficient (Wildman–Crippen LogP) is 2.36. The van der Waals surface area contributed by atoms with Crippen molar-refractivity contribution < 1.29 is 24.2 Å². The Morgan fingerprint density at radius 2 is 1.84 bits per heavy atom. The Morgan fingerprint density at radius 1 is 1.16 bits per heavy atom. The number of imide groups is 1. The minimum atomic E-state index is -0.921. The summed E-state index contributed by atoms with van der Waals surface area (Å²) in [6.45, 7) is 1.09. The molecule has 1 aromatic carbocycles. The Balaban J connectivity index is 1.58. The minimum absolute atomic E-state index is 0.105. The molecular weight excluding hydrogens is 324 g/mol. The second-order valence-electron chi connectivity index (χ2n) is 6.60. The van der Waals surface area contributed by atoms with Gasteiger partial charge in [-0.25, -0.2) is 14.5 Å². The molecule has 7 nitrogen and oxygen atoms in total. The first-order valence-electron chi connectivity index (χ1n) is 8.55. The molecular formula is C18H22N2O5.